The molecule has 0 saturated heterocycles. The van der Waals surface area contributed by atoms with Crippen LogP contribution in [-0.4, -0.2) is 5.78 Å². The maximum atomic E-state index is 12.8. The van der Waals surface area contributed by atoms with Crippen molar-refractivity contribution in [3.05, 3.63) is 68.7 Å². The van der Waals surface area contributed by atoms with Gasteiger partial charge in [0, 0.05) is 10.0 Å². The third-order valence-electron chi connectivity index (χ3n) is 3.52. The largest absolute Gasteiger partial charge is 0.292 e. The van der Waals surface area contributed by atoms with Crippen molar-refractivity contribution in [2.24, 2.45) is 0 Å². The number of ketones is 1. The minimum absolute atomic E-state index is 0.130. The zero-order chi connectivity index (χ0) is 15.6. The zero-order valence-electron chi connectivity index (χ0n) is 12.3. The van der Waals surface area contributed by atoms with E-state index in [0.29, 0.717) is 5.56 Å². The highest BCUT2D eigenvalue weighted by atomic mass is 79.9. The molecule has 2 nitrogen and oxygen atoms in total. The lowest BCUT2D eigenvalue weighted by Crippen LogP contribution is -2.14. The van der Waals surface area contributed by atoms with Gasteiger partial charge in [-0.05, 0) is 49.6 Å². The molecule has 0 heterocycles. The molecule has 0 aliphatic rings. The van der Waals surface area contributed by atoms with Gasteiger partial charge in [-0.25, -0.2) is 0 Å². The van der Waals surface area contributed by atoms with E-state index < -0.39 is 5.92 Å². The van der Waals surface area contributed by atoms with Crippen LogP contribution in [0.1, 0.15) is 38.5 Å². The van der Waals surface area contributed by atoms with E-state index in [1.165, 1.54) is 0 Å². The molecule has 21 heavy (non-hydrogen) atoms. The van der Waals surface area contributed by atoms with Crippen molar-refractivity contribution in [2.45, 2.75) is 26.7 Å². The van der Waals surface area contributed by atoms with Crippen LogP contribution in [0.25, 0.3) is 0 Å². The Hall–Kier alpha value is -1.92. The minimum Gasteiger partial charge on any atom is -0.292 e. The average Bonchev–Trinajstić information content (AvgIpc) is 2.40. The smallest absolute Gasteiger partial charge is 0.184 e. The van der Waals surface area contributed by atoms with Crippen molar-refractivity contribution in [2.75, 3.05) is 0 Å². The van der Waals surface area contributed by atoms with E-state index in [9.17, 15) is 10.1 Å². The van der Waals surface area contributed by atoms with E-state index >= 15 is 0 Å². The number of rotatable bonds is 3. The van der Waals surface area contributed by atoms with Crippen molar-refractivity contribution in [3.63, 3.8) is 0 Å². The van der Waals surface area contributed by atoms with Crippen molar-refractivity contribution in [1.82, 2.24) is 0 Å². The van der Waals surface area contributed by atoms with Crippen LogP contribution in [0.15, 0.2) is 40.9 Å². The van der Waals surface area contributed by atoms with Gasteiger partial charge in [0.1, 0.15) is 5.92 Å². The summed E-state index contributed by atoms with van der Waals surface area (Å²) in [5.74, 6) is -0.895. The molecule has 1 atom stereocenters. The topological polar surface area (TPSA) is 40.9 Å². The van der Waals surface area contributed by atoms with Gasteiger partial charge in [-0.1, -0.05) is 45.8 Å². The second-order valence-corrected chi connectivity index (χ2v) is 6.17. The first kappa shape index (κ1) is 15.5. The maximum Gasteiger partial charge on any atom is 0.184 e. The van der Waals surface area contributed by atoms with Gasteiger partial charge < -0.3 is 0 Å². The Morgan fingerprint density at radius 1 is 1.10 bits per heavy atom. The second kappa shape index (κ2) is 6.24. The van der Waals surface area contributed by atoms with Gasteiger partial charge in [0.15, 0.2) is 5.78 Å². The first-order valence-electron chi connectivity index (χ1n) is 6.71. The average molecular weight is 342 g/mol. The van der Waals surface area contributed by atoms with E-state index in [-0.39, 0.29) is 5.78 Å². The summed E-state index contributed by atoms with van der Waals surface area (Å²) in [6, 6.07) is 13.4. The molecule has 1 unspecified atom stereocenters. The molecule has 0 aromatic heterocycles. The van der Waals surface area contributed by atoms with E-state index in [2.05, 4.69) is 22.0 Å². The highest BCUT2D eigenvalue weighted by Crippen LogP contribution is 2.26. The number of hydrogen-bond donors (Lipinski definition) is 0. The lowest BCUT2D eigenvalue weighted by molar-refractivity contribution is 0.0977. The predicted octanol–water partition coefficient (Wildman–Crippen LogP) is 4.86. The lowest BCUT2D eigenvalue weighted by Gasteiger charge is -2.14. The SMILES string of the molecule is Cc1cc(C)c(C(=O)C(C#N)c2ccc(Br)cc2)c(C)c1. The van der Waals surface area contributed by atoms with Gasteiger partial charge in [0.25, 0.3) is 0 Å². The monoisotopic (exact) mass is 341 g/mol. The number of benzene rings is 2. The number of nitriles is 1. The van der Waals surface area contributed by atoms with Crippen LogP contribution in [-0.2, 0) is 0 Å². The van der Waals surface area contributed by atoms with E-state index in [1.54, 1.807) is 0 Å². The zero-order valence-corrected chi connectivity index (χ0v) is 13.9. The maximum absolute atomic E-state index is 12.8. The molecule has 0 aliphatic heterocycles. The number of carbonyl (C=O) groups excluding carboxylic acids is 1. The molecule has 0 radical (unpaired) electrons. The van der Waals surface area contributed by atoms with Crippen LogP contribution >= 0.6 is 15.9 Å². The molecule has 2 rings (SSSR count). The fourth-order valence-electron chi connectivity index (χ4n) is 2.65. The Bertz CT molecular complexity index is 703. The number of Topliss-reactive ketones (excluding diaryl/α,β-unsaturated/α-hetero) is 1. The molecule has 0 amide bonds. The summed E-state index contributed by atoms with van der Waals surface area (Å²) in [4.78, 5) is 12.8. The number of halogens is 1. The summed E-state index contributed by atoms with van der Waals surface area (Å²) in [6.07, 6.45) is 0. The van der Waals surface area contributed by atoms with Gasteiger partial charge in [0.05, 0.1) is 6.07 Å². The van der Waals surface area contributed by atoms with Gasteiger partial charge >= 0.3 is 0 Å². The van der Waals surface area contributed by atoms with Crippen molar-refractivity contribution >= 4 is 21.7 Å². The van der Waals surface area contributed by atoms with Crippen molar-refractivity contribution < 1.29 is 4.79 Å². The molecular formula is C18H16BrNO. The van der Waals surface area contributed by atoms with Crippen LogP contribution in [0.3, 0.4) is 0 Å². The van der Waals surface area contributed by atoms with Gasteiger partial charge in [-0.2, -0.15) is 5.26 Å². The van der Waals surface area contributed by atoms with Crippen LogP contribution in [0.2, 0.25) is 0 Å². The molecule has 3 heteroatoms. The number of aryl methyl sites for hydroxylation is 3. The van der Waals surface area contributed by atoms with Gasteiger partial charge in [0.2, 0.25) is 0 Å². The molecule has 2 aromatic rings. The Labute approximate surface area is 133 Å². The van der Waals surface area contributed by atoms with E-state index in [4.69, 9.17) is 0 Å². The molecular weight excluding hydrogens is 326 g/mol. The number of hydrogen-bond acceptors (Lipinski definition) is 2. The fourth-order valence-corrected chi connectivity index (χ4v) is 2.92. The van der Waals surface area contributed by atoms with E-state index in [1.807, 2.05) is 57.2 Å². The van der Waals surface area contributed by atoms with Gasteiger partial charge in [-0.15, -0.1) is 0 Å². The van der Waals surface area contributed by atoms with Crippen LogP contribution in [0.4, 0.5) is 0 Å². The summed E-state index contributed by atoms with van der Waals surface area (Å²) in [5.41, 5.74) is 4.36. The molecule has 2 aromatic carbocycles. The summed E-state index contributed by atoms with van der Waals surface area (Å²) in [7, 11) is 0. The Morgan fingerprint density at radius 2 is 1.62 bits per heavy atom. The van der Waals surface area contributed by atoms with E-state index in [0.717, 1.165) is 26.7 Å². The molecule has 0 bridgehead atoms. The lowest BCUT2D eigenvalue weighted by atomic mass is 9.87. The molecule has 0 aliphatic carbocycles. The predicted molar refractivity (Wildman–Crippen MR) is 87.5 cm³/mol. The molecule has 106 valence electrons. The second-order valence-electron chi connectivity index (χ2n) is 5.25. The Balaban J connectivity index is 2.47. The summed E-state index contributed by atoms with van der Waals surface area (Å²) in [5, 5.41) is 9.43. The standard InChI is InChI=1S/C18H16BrNO/c1-11-8-12(2)17(13(3)9-11)18(21)16(10-20)14-4-6-15(19)7-5-14/h4-9,16H,1-3H3. The minimum atomic E-state index is -0.766. The highest BCUT2D eigenvalue weighted by molar-refractivity contribution is 9.10. The number of nitrogens with zero attached hydrogens (tertiary/aromatic N) is 1. The normalized spacial score (nSPS) is 11.8. The van der Waals surface area contributed by atoms with Crippen molar-refractivity contribution in [1.29, 1.82) is 5.26 Å². The molecule has 0 spiro atoms. The Morgan fingerprint density at radius 3 is 2.10 bits per heavy atom. The molecule has 0 fully saturated rings. The fraction of sp³-hybridized carbons (Fsp3) is 0.222. The third-order valence-corrected chi connectivity index (χ3v) is 4.05. The first-order chi connectivity index (χ1) is 9.93. The molecule has 0 saturated carbocycles. The van der Waals surface area contributed by atoms with Crippen LogP contribution in [0.5, 0.6) is 0 Å². The summed E-state index contributed by atoms with van der Waals surface area (Å²) >= 11 is 3.36. The Kier molecular flexibility index (Phi) is 4.59. The third kappa shape index (κ3) is 3.22. The highest BCUT2D eigenvalue weighted by Gasteiger charge is 2.24. The van der Waals surface area contributed by atoms with Crippen molar-refractivity contribution in [3.8, 4) is 6.07 Å². The van der Waals surface area contributed by atoms with Gasteiger partial charge in [-0.3, -0.25) is 4.79 Å². The molecule has 0 N–H and O–H groups in total. The first-order valence-corrected chi connectivity index (χ1v) is 7.50. The number of carbonyl (C=O) groups is 1. The van der Waals surface area contributed by atoms with Crippen LogP contribution < -0.4 is 0 Å². The quantitative estimate of drug-likeness (QED) is 0.747. The summed E-state index contributed by atoms with van der Waals surface area (Å²) in [6.45, 7) is 5.84. The van der Waals surface area contributed by atoms with Crippen LogP contribution in [0, 0.1) is 32.1 Å². The summed E-state index contributed by atoms with van der Waals surface area (Å²) < 4.78 is 0.929.